The van der Waals surface area contributed by atoms with E-state index in [0.29, 0.717) is 36.9 Å². The molecule has 21 nitrogen and oxygen atoms in total. The van der Waals surface area contributed by atoms with Gasteiger partial charge in [-0.25, -0.2) is 19.6 Å². The highest BCUT2D eigenvalue weighted by molar-refractivity contribution is 7.87. The second-order valence-electron chi connectivity index (χ2n) is 18.5. The smallest absolute Gasteiger partial charge is 0.407 e. The molecule has 0 radical (unpaired) electrons. The van der Waals surface area contributed by atoms with Crippen molar-refractivity contribution >= 4 is 101 Å². The molecule has 8 aromatic rings. The summed E-state index contributed by atoms with van der Waals surface area (Å²) >= 11 is 6.18. The van der Waals surface area contributed by atoms with E-state index in [1.54, 1.807) is 34.8 Å². The number of hydrogen-bond donors (Lipinski definition) is 8. The van der Waals surface area contributed by atoms with Crippen molar-refractivity contribution in [1.82, 2.24) is 31.2 Å². The number of carbonyl (C=O) groups is 4. The first-order valence-electron chi connectivity index (χ1n) is 25.8. The Kier molecular flexibility index (Phi) is 25.8. The Labute approximate surface area is 503 Å². The summed E-state index contributed by atoms with van der Waals surface area (Å²) in [6.07, 6.45) is 3.32. The zero-order valence-electron chi connectivity index (χ0n) is 45.8. The highest BCUT2D eigenvalue weighted by Gasteiger charge is 2.28. The van der Waals surface area contributed by atoms with Crippen LogP contribution in [0.3, 0.4) is 0 Å². The van der Waals surface area contributed by atoms with Gasteiger partial charge in [0.2, 0.25) is 11.8 Å². The number of carbonyl (C=O) groups excluding carboxylic acids is 4. The van der Waals surface area contributed by atoms with Crippen molar-refractivity contribution in [2.45, 2.75) is 62.7 Å². The third kappa shape index (κ3) is 23.6. The van der Waals surface area contributed by atoms with Gasteiger partial charge in [-0.3, -0.25) is 23.4 Å². The molecule has 446 valence electrons. The minimum atomic E-state index is -4.40. The highest BCUT2D eigenvalue weighted by Crippen LogP contribution is 2.33. The number of hydrogen-bond acceptors (Lipinski definition) is 18. The number of amides is 4. The third-order valence-corrected chi connectivity index (χ3v) is 16.2. The number of thiophene rings is 2. The normalized spacial score (nSPS) is 13.2. The van der Waals surface area contributed by atoms with Crippen LogP contribution in [-0.2, 0) is 69.9 Å². The van der Waals surface area contributed by atoms with Crippen LogP contribution in [0.2, 0.25) is 0 Å². The SMILES string of the molecule is C1CCOC1.COC(=O)N[C@H](Cc1ccccc1)C(=O)N[C@@H](Cc1ccc(N)cc1)c1csc(-c2cccs2)n1.COC(=O)N[C@H](Cc1ccccc1)C(=O)N[C@@H](Cc1ccc(NS(=O)(=O)O)cc1)c1csc(-c2cccs2)n1.CS(=O)(=O)O. The molecule has 27 heteroatoms. The molecule has 0 aliphatic carbocycles. The lowest BCUT2D eigenvalue weighted by Gasteiger charge is -2.23. The van der Waals surface area contributed by atoms with Crippen LogP contribution >= 0.6 is 45.3 Å². The van der Waals surface area contributed by atoms with E-state index in [1.807, 2.05) is 135 Å². The summed E-state index contributed by atoms with van der Waals surface area (Å²) in [4.78, 5) is 62.7. The molecule has 0 saturated carbocycles. The number of methoxy groups -OCH3 is 2. The number of rotatable bonds is 20. The number of ether oxygens (including phenoxy) is 3. The van der Waals surface area contributed by atoms with Crippen molar-refractivity contribution < 1.29 is 59.3 Å². The predicted octanol–water partition coefficient (Wildman–Crippen LogP) is 9.58. The fraction of sp³-hybridized carbons (Fsp3) is 0.263. The summed E-state index contributed by atoms with van der Waals surface area (Å²) in [5, 5.41) is 21.0. The number of nitrogens with one attached hydrogen (secondary N) is 5. The number of aromatic nitrogens is 2. The zero-order chi connectivity index (χ0) is 60.5. The molecule has 9 N–H and O–H groups in total. The first kappa shape index (κ1) is 65.6. The Bertz CT molecular complexity index is 3500. The molecule has 5 heterocycles. The van der Waals surface area contributed by atoms with Crippen molar-refractivity contribution in [3.05, 3.63) is 189 Å². The van der Waals surface area contributed by atoms with Crippen LogP contribution in [0.25, 0.3) is 19.8 Å². The summed E-state index contributed by atoms with van der Waals surface area (Å²) in [5.74, 6) is -0.727. The maximum atomic E-state index is 13.5. The van der Waals surface area contributed by atoms with Gasteiger partial charge in [0, 0.05) is 42.5 Å². The number of nitrogen functional groups attached to an aromatic ring is 1. The zero-order valence-corrected chi connectivity index (χ0v) is 50.7. The minimum absolute atomic E-state index is 0.195. The molecular weight excluding hydrogens is 1200 g/mol. The van der Waals surface area contributed by atoms with E-state index < -0.39 is 62.7 Å². The van der Waals surface area contributed by atoms with Crippen LogP contribution in [-0.4, -0.2) is 106 Å². The van der Waals surface area contributed by atoms with Gasteiger partial charge in [-0.2, -0.15) is 16.8 Å². The van der Waals surface area contributed by atoms with Crippen LogP contribution in [0.5, 0.6) is 0 Å². The molecule has 1 fully saturated rings. The standard InChI is InChI=1S/C26H26N4O6S3.C26H26N4O3S2.C4H8O.CH4O3S/c1-36-26(32)29-21(15-17-6-3-2-4-7-17)24(31)27-20(22-16-38-25(28-22)23-8-5-13-37-23)14-18-9-11-19(12-10-18)30-39(33,34)35;1-33-26(32)30-21(15-17-6-3-2-4-7-17)24(31)28-20(14-18-9-11-19(27)12-10-18)22-16-35-25(29-22)23-8-5-13-34-23;1-2-4-5-3-1;1-5(2,3)4/h2-13,16,20-21,30H,14-15H2,1H3,(H,27,31)(H,29,32)(H,33,34,35);2-13,16,20-21H,14-15,27H2,1H3,(H,28,31)(H,30,32);1-4H2;1H3,(H,2,3,4)/t2*20-,21+;;/m00../s1. The Balaban J connectivity index is 0.000000232. The van der Waals surface area contributed by atoms with Gasteiger partial charge in [0.1, 0.15) is 22.1 Å². The summed E-state index contributed by atoms with van der Waals surface area (Å²) in [6, 6.07) is 38.0. The lowest BCUT2D eigenvalue weighted by atomic mass is 10.0. The second-order valence-corrected chi connectivity index (χ2v) is 24.7. The van der Waals surface area contributed by atoms with Gasteiger partial charge in [-0.05, 0) is 95.1 Å². The predicted molar refractivity (Wildman–Crippen MR) is 329 cm³/mol. The van der Waals surface area contributed by atoms with Crippen molar-refractivity contribution in [3.63, 3.8) is 0 Å². The topological polar surface area (TPSA) is 317 Å². The van der Waals surface area contributed by atoms with Crippen LogP contribution in [0.4, 0.5) is 21.0 Å². The first-order valence-corrected chi connectivity index (χ1v) is 32.6. The molecule has 0 bridgehead atoms. The minimum Gasteiger partial charge on any atom is -0.453 e. The number of alkyl carbamates (subject to hydrolysis) is 2. The van der Waals surface area contributed by atoms with Gasteiger partial charge in [0.05, 0.1) is 59.4 Å². The number of anilines is 2. The lowest BCUT2D eigenvalue weighted by molar-refractivity contribution is -0.124. The van der Waals surface area contributed by atoms with Gasteiger partial charge in [0.25, 0.3) is 10.1 Å². The summed E-state index contributed by atoms with van der Waals surface area (Å²) in [7, 11) is -5.55. The van der Waals surface area contributed by atoms with Crippen LogP contribution in [0.15, 0.2) is 155 Å². The number of benzene rings is 4. The molecule has 4 amide bonds. The Morgan fingerprint density at radius 1 is 0.560 bits per heavy atom. The Hall–Kier alpha value is -7.60. The highest BCUT2D eigenvalue weighted by atomic mass is 32.2. The average Bonchev–Trinajstić information content (AvgIpc) is 4.53. The van der Waals surface area contributed by atoms with E-state index in [4.69, 9.17) is 39.0 Å². The maximum Gasteiger partial charge on any atom is 0.407 e. The number of nitrogens with zero attached hydrogens (tertiary/aromatic N) is 2. The number of nitrogens with two attached hydrogens (primary N) is 1. The quantitative estimate of drug-likeness (QED) is 0.0260. The molecule has 4 atom stereocenters. The Morgan fingerprint density at radius 2 is 0.952 bits per heavy atom. The van der Waals surface area contributed by atoms with E-state index in [-0.39, 0.29) is 18.0 Å². The monoisotopic (exact) mass is 1260 g/mol. The van der Waals surface area contributed by atoms with Crippen molar-refractivity contribution in [3.8, 4) is 19.8 Å². The summed E-state index contributed by atoms with van der Waals surface area (Å²) < 4.78 is 73.6. The molecular formula is C57H64N8O13S6. The second kappa shape index (κ2) is 33.0. The van der Waals surface area contributed by atoms with Crippen LogP contribution in [0.1, 0.15) is 58.6 Å². The van der Waals surface area contributed by atoms with Gasteiger partial charge < -0.3 is 41.2 Å². The molecule has 1 saturated heterocycles. The molecule has 1 aliphatic rings. The van der Waals surface area contributed by atoms with E-state index in [2.05, 4.69) is 21.3 Å². The largest absolute Gasteiger partial charge is 0.453 e. The maximum absolute atomic E-state index is 13.5. The van der Waals surface area contributed by atoms with E-state index in [1.165, 1.54) is 61.9 Å². The summed E-state index contributed by atoms with van der Waals surface area (Å²) in [6.45, 7) is 2.00. The van der Waals surface area contributed by atoms with E-state index in [9.17, 15) is 36.0 Å². The van der Waals surface area contributed by atoms with Crippen LogP contribution in [0, 0.1) is 0 Å². The summed E-state index contributed by atoms with van der Waals surface area (Å²) in [5.41, 5.74) is 11.7. The number of thiazole rings is 2. The molecule has 9 rings (SSSR count). The van der Waals surface area contributed by atoms with E-state index >= 15 is 0 Å². The molecule has 0 unspecified atom stereocenters. The van der Waals surface area contributed by atoms with Crippen molar-refractivity contribution in [1.29, 1.82) is 0 Å². The van der Waals surface area contributed by atoms with Gasteiger partial charge >= 0.3 is 22.5 Å². The van der Waals surface area contributed by atoms with Gasteiger partial charge in [-0.15, -0.1) is 45.3 Å². The van der Waals surface area contributed by atoms with Gasteiger partial charge in [-0.1, -0.05) is 97.1 Å². The van der Waals surface area contributed by atoms with E-state index in [0.717, 1.165) is 60.9 Å². The molecule has 0 spiro atoms. The van der Waals surface area contributed by atoms with Crippen molar-refractivity contribution in [2.24, 2.45) is 0 Å². The molecule has 4 aromatic carbocycles. The lowest BCUT2D eigenvalue weighted by Crippen LogP contribution is -2.49. The fourth-order valence-electron chi connectivity index (χ4n) is 7.94. The van der Waals surface area contributed by atoms with Gasteiger partial charge in [0.15, 0.2) is 0 Å². The molecule has 1 aliphatic heterocycles. The fourth-order valence-corrected chi connectivity index (χ4v) is 11.7. The molecule has 4 aromatic heterocycles. The third-order valence-electron chi connectivity index (χ3n) is 11.9. The average molecular weight is 1260 g/mol. The Morgan fingerprint density at radius 3 is 1.30 bits per heavy atom. The van der Waals surface area contributed by atoms with Crippen LogP contribution < -0.4 is 31.7 Å². The van der Waals surface area contributed by atoms with Crippen molar-refractivity contribution in [2.75, 3.05) is 44.1 Å². The molecule has 84 heavy (non-hydrogen) atoms. The first-order chi connectivity index (χ1) is 40.2.